The summed E-state index contributed by atoms with van der Waals surface area (Å²) >= 11 is 0. The Morgan fingerprint density at radius 1 is 1.29 bits per heavy atom. The van der Waals surface area contributed by atoms with E-state index in [1.807, 2.05) is 7.05 Å². The van der Waals surface area contributed by atoms with Crippen molar-refractivity contribution in [3.05, 3.63) is 35.5 Å². The van der Waals surface area contributed by atoms with Crippen LogP contribution in [0.15, 0.2) is 29.4 Å². The average molecular weight is 387 g/mol. The Balaban J connectivity index is 1.44. The van der Waals surface area contributed by atoms with E-state index in [1.54, 1.807) is 7.11 Å². The average Bonchev–Trinajstić information content (AvgIpc) is 3.14. The molecular formula is C22H34N4O2. The molecule has 6 nitrogen and oxygen atoms in total. The van der Waals surface area contributed by atoms with Crippen molar-refractivity contribution in [2.24, 2.45) is 4.99 Å². The van der Waals surface area contributed by atoms with Gasteiger partial charge in [0.15, 0.2) is 5.96 Å². The number of benzene rings is 1. The van der Waals surface area contributed by atoms with E-state index in [2.05, 4.69) is 51.5 Å². The standard InChI is InChI=1S/C22H34N4O2/c1-17-6-4-7-20-21(17)18(16-25-20)8-11-24-22(23-2)26-12-9-19(10-13-26)28-15-5-14-27-3/h4,6-7,16,19,25H,5,8-15H2,1-3H3,(H,23,24). The molecule has 0 atom stereocenters. The van der Waals surface area contributed by atoms with Gasteiger partial charge in [-0.1, -0.05) is 12.1 Å². The molecule has 0 bridgehead atoms. The molecule has 0 spiro atoms. The summed E-state index contributed by atoms with van der Waals surface area (Å²) in [7, 11) is 3.60. The second kappa shape index (κ2) is 10.5. The molecule has 0 unspecified atom stereocenters. The molecule has 0 amide bonds. The first-order chi connectivity index (χ1) is 13.7. The minimum absolute atomic E-state index is 0.361. The van der Waals surface area contributed by atoms with E-state index < -0.39 is 0 Å². The molecule has 0 saturated carbocycles. The molecule has 0 aliphatic carbocycles. The Morgan fingerprint density at radius 3 is 2.86 bits per heavy atom. The lowest BCUT2D eigenvalue weighted by Crippen LogP contribution is -2.47. The number of nitrogens with one attached hydrogen (secondary N) is 2. The van der Waals surface area contributed by atoms with Crippen LogP contribution in [-0.2, 0) is 15.9 Å². The lowest BCUT2D eigenvalue weighted by Gasteiger charge is -2.34. The summed E-state index contributed by atoms with van der Waals surface area (Å²) in [5.74, 6) is 0.995. The lowest BCUT2D eigenvalue weighted by atomic mass is 10.1. The van der Waals surface area contributed by atoms with E-state index in [0.717, 1.165) is 64.5 Å². The number of ether oxygens (including phenoxy) is 2. The van der Waals surface area contributed by atoms with Crippen LogP contribution in [0.25, 0.3) is 10.9 Å². The van der Waals surface area contributed by atoms with Gasteiger partial charge in [0.25, 0.3) is 0 Å². The Kier molecular flexibility index (Phi) is 7.74. The van der Waals surface area contributed by atoms with Crippen molar-refractivity contribution in [3.8, 4) is 0 Å². The molecule has 1 aromatic heterocycles. The van der Waals surface area contributed by atoms with E-state index in [-0.39, 0.29) is 0 Å². The molecule has 28 heavy (non-hydrogen) atoms. The third kappa shape index (κ3) is 5.26. The Labute approximate surface area is 168 Å². The van der Waals surface area contributed by atoms with Crippen LogP contribution in [0.2, 0.25) is 0 Å². The summed E-state index contributed by atoms with van der Waals surface area (Å²) < 4.78 is 11.0. The van der Waals surface area contributed by atoms with Crippen LogP contribution in [0.3, 0.4) is 0 Å². The molecule has 0 radical (unpaired) electrons. The molecule has 6 heteroatoms. The smallest absolute Gasteiger partial charge is 0.193 e. The number of hydrogen-bond acceptors (Lipinski definition) is 3. The van der Waals surface area contributed by atoms with Gasteiger partial charge in [0.05, 0.1) is 6.10 Å². The number of rotatable bonds is 8. The normalized spacial score (nSPS) is 16.1. The Morgan fingerprint density at radius 2 is 2.11 bits per heavy atom. The molecule has 1 saturated heterocycles. The van der Waals surface area contributed by atoms with Crippen molar-refractivity contribution in [1.29, 1.82) is 0 Å². The fourth-order valence-corrected chi connectivity index (χ4v) is 3.98. The van der Waals surface area contributed by atoms with Crippen LogP contribution < -0.4 is 5.32 Å². The number of aromatic amines is 1. The Bertz CT molecular complexity index is 763. The van der Waals surface area contributed by atoms with Gasteiger partial charge in [-0.3, -0.25) is 4.99 Å². The first-order valence-corrected chi connectivity index (χ1v) is 10.3. The summed E-state index contributed by atoms with van der Waals surface area (Å²) in [5.41, 5.74) is 3.90. The number of methoxy groups -OCH3 is 1. The van der Waals surface area contributed by atoms with Crippen molar-refractivity contribution in [2.75, 3.05) is 47.0 Å². The first kappa shape index (κ1) is 20.7. The number of nitrogens with zero attached hydrogens (tertiary/aromatic N) is 2. The zero-order valence-corrected chi connectivity index (χ0v) is 17.5. The summed E-state index contributed by atoms with van der Waals surface area (Å²) in [6, 6.07) is 6.41. The van der Waals surface area contributed by atoms with E-state index in [9.17, 15) is 0 Å². The number of aromatic nitrogens is 1. The summed E-state index contributed by atoms with van der Waals surface area (Å²) in [6.07, 6.45) is 6.54. The van der Waals surface area contributed by atoms with Gasteiger partial charge in [-0.25, -0.2) is 0 Å². The molecule has 1 aromatic carbocycles. The fraction of sp³-hybridized carbons (Fsp3) is 0.591. The van der Waals surface area contributed by atoms with Gasteiger partial charge in [0, 0.05) is 64.1 Å². The highest BCUT2D eigenvalue weighted by Crippen LogP contribution is 2.22. The van der Waals surface area contributed by atoms with Crippen LogP contribution in [0.1, 0.15) is 30.4 Å². The largest absolute Gasteiger partial charge is 0.385 e. The number of fused-ring (bicyclic) bond motifs is 1. The zero-order chi connectivity index (χ0) is 19.8. The molecule has 2 heterocycles. The topological polar surface area (TPSA) is 61.9 Å². The van der Waals surface area contributed by atoms with Gasteiger partial charge >= 0.3 is 0 Å². The minimum atomic E-state index is 0.361. The third-order valence-corrected chi connectivity index (χ3v) is 5.47. The summed E-state index contributed by atoms with van der Waals surface area (Å²) in [4.78, 5) is 10.2. The number of aliphatic imine (C=N–C) groups is 1. The monoisotopic (exact) mass is 386 g/mol. The molecule has 1 aliphatic rings. The second-order valence-corrected chi connectivity index (χ2v) is 7.44. The van der Waals surface area contributed by atoms with Crippen LogP contribution in [0.5, 0.6) is 0 Å². The highest BCUT2D eigenvalue weighted by atomic mass is 16.5. The van der Waals surface area contributed by atoms with E-state index >= 15 is 0 Å². The highest BCUT2D eigenvalue weighted by Gasteiger charge is 2.21. The number of piperidine rings is 1. The number of guanidine groups is 1. The van der Waals surface area contributed by atoms with Crippen LogP contribution >= 0.6 is 0 Å². The quantitative estimate of drug-likeness (QED) is 0.416. The number of likely N-dealkylation sites (tertiary alicyclic amines) is 1. The van der Waals surface area contributed by atoms with Gasteiger partial charge < -0.3 is 24.7 Å². The van der Waals surface area contributed by atoms with Crippen molar-refractivity contribution in [1.82, 2.24) is 15.2 Å². The molecule has 2 N–H and O–H groups in total. The molecule has 1 aliphatic heterocycles. The summed E-state index contributed by atoms with van der Waals surface area (Å²) in [6.45, 7) is 6.58. The maximum absolute atomic E-state index is 5.96. The summed E-state index contributed by atoms with van der Waals surface area (Å²) in [5, 5.41) is 4.89. The molecular weight excluding hydrogens is 352 g/mol. The van der Waals surface area contributed by atoms with Gasteiger partial charge in [-0.2, -0.15) is 0 Å². The van der Waals surface area contributed by atoms with Crippen LogP contribution in [0.4, 0.5) is 0 Å². The number of hydrogen-bond donors (Lipinski definition) is 2. The van der Waals surface area contributed by atoms with Crippen molar-refractivity contribution in [2.45, 2.75) is 38.7 Å². The van der Waals surface area contributed by atoms with Gasteiger partial charge in [0.1, 0.15) is 0 Å². The van der Waals surface area contributed by atoms with Crippen LogP contribution in [0, 0.1) is 6.92 Å². The van der Waals surface area contributed by atoms with E-state index in [4.69, 9.17) is 9.47 Å². The second-order valence-electron chi connectivity index (χ2n) is 7.44. The van der Waals surface area contributed by atoms with E-state index in [0.29, 0.717) is 6.10 Å². The number of aryl methyl sites for hydroxylation is 1. The SMILES string of the molecule is CN=C(NCCc1c[nH]c2cccc(C)c12)N1CCC(OCCCOC)CC1. The first-order valence-electron chi connectivity index (χ1n) is 10.3. The maximum atomic E-state index is 5.96. The van der Waals surface area contributed by atoms with Crippen molar-refractivity contribution in [3.63, 3.8) is 0 Å². The van der Waals surface area contributed by atoms with Crippen molar-refractivity contribution < 1.29 is 9.47 Å². The molecule has 3 rings (SSSR count). The fourth-order valence-electron chi connectivity index (χ4n) is 3.98. The molecule has 154 valence electrons. The predicted molar refractivity (Wildman–Crippen MR) is 115 cm³/mol. The zero-order valence-electron chi connectivity index (χ0n) is 17.5. The van der Waals surface area contributed by atoms with Gasteiger partial charge in [-0.05, 0) is 49.8 Å². The van der Waals surface area contributed by atoms with E-state index in [1.165, 1.54) is 22.0 Å². The minimum Gasteiger partial charge on any atom is -0.385 e. The van der Waals surface area contributed by atoms with Crippen molar-refractivity contribution >= 4 is 16.9 Å². The Hall–Kier alpha value is -2.05. The van der Waals surface area contributed by atoms with Gasteiger partial charge in [-0.15, -0.1) is 0 Å². The van der Waals surface area contributed by atoms with Gasteiger partial charge in [0.2, 0.25) is 0 Å². The predicted octanol–water partition coefficient (Wildman–Crippen LogP) is 3.11. The number of H-pyrrole nitrogens is 1. The lowest BCUT2D eigenvalue weighted by molar-refractivity contribution is 0.00992. The molecule has 1 fully saturated rings. The third-order valence-electron chi connectivity index (χ3n) is 5.47. The highest BCUT2D eigenvalue weighted by molar-refractivity contribution is 5.86. The maximum Gasteiger partial charge on any atom is 0.193 e. The van der Waals surface area contributed by atoms with Crippen LogP contribution in [-0.4, -0.2) is 69.0 Å². The molecule has 2 aromatic rings.